The Kier molecular flexibility index (Phi) is 6.86. The van der Waals surface area contributed by atoms with E-state index in [0.29, 0.717) is 33.8 Å². The summed E-state index contributed by atoms with van der Waals surface area (Å²) in [6.07, 6.45) is -0.980. The third-order valence-electron chi connectivity index (χ3n) is 4.04. The van der Waals surface area contributed by atoms with Crippen molar-refractivity contribution in [2.45, 2.75) is 39.8 Å². The highest BCUT2D eigenvalue weighted by atomic mass is 35.5. The van der Waals surface area contributed by atoms with Crippen molar-refractivity contribution < 1.29 is 19.5 Å². The third-order valence-corrected chi connectivity index (χ3v) is 4.32. The fraction of sp³-hybridized carbons (Fsp3) is 0.400. The van der Waals surface area contributed by atoms with E-state index in [1.165, 1.54) is 0 Å². The van der Waals surface area contributed by atoms with Crippen LogP contribution in [0.3, 0.4) is 0 Å². The second kappa shape index (κ2) is 9.38. The summed E-state index contributed by atoms with van der Waals surface area (Å²) >= 11 is 6.34. The molecule has 9 nitrogen and oxygen atoms in total. The Labute approximate surface area is 179 Å². The first-order valence-corrected chi connectivity index (χ1v) is 9.83. The van der Waals surface area contributed by atoms with E-state index in [1.54, 1.807) is 18.2 Å². The van der Waals surface area contributed by atoms with Gasteiger partial charge in [0.2, 0.25) is 11.8 Å². The maximum absolute atomic E-state index is 9.47. The number of rotatable bonds is 8. The van der Waals surface area contributed by atoms with E-state index in [0.717, 1.165) is 11.3 Å². The van der Waals surface area contributed by atoms with E-state index in [4.69, 9.17) is 26.0 Å². The first-order chi connectivity index (χ1) is 14.3. The van der Waals surface area contributed by atoms with Gasteiger partial charge in [-0.15, -0.1) is 0 Å². The lowest BCUT2D eigenvalue weighted by Gasteiger charge is -2.14. The van der Waals surface area contributed by atoms with Crippen LogP contribution in [0.2, 0.25) is 5.02 Å². The van der Waals surface area contributed by atoms with Crippen LogP contribution in [0.1, 0.15) is 25.1 Å². The number of anilines is 1. The van der Waals surface area contributed by atoms with E-state index in [1.807, 2.05) is 27.7 Å². The highest BCUT2D eigenvalue weighted by molar-refractivity contribution is 6.32. The van der Waals surface area contributed by atoms with Gasteiger partial charge in [0, 0.05) is 17.3 Å². The summed E-state index contributed by atoms with van der Waals surface area (Å²) in [5, 5.41) is 25.9. The van der Waals surface area contributed by atoms with Gasteiger partial charge in [0.25, 0.3) is 5.89 Å². The summed E-state index contributed by atoms with van der Waals surface area (Å²) in [4.78, 5) is 13.2. The standard InChI is InChI=1S/C20H24ClN5O4/c1-10(2)22-20-23-12(4)6-16(24-20)19-25-18(26-30-19)13-5-11(3)17(15(21)7-13)29-9-14(28)8-27/h5-7,10,14,27-28H,8-9H2,1-4H3,(H,22,23,24)/t14-/m0/s1. The molecule has 10 heteroatoms. The number of aliphatic hydroxyl groups excluding tert-OH is 2. The number of hydrogen-bond acceptors (Lipinski definition) is 9. The minimum absolute atomic E-state index is 0.0669. The van der Waals surface area contributed by atoms with Gasteiger partial charge in [-0.2, -0.15) is 4.98 Å². The molecule has 3 rings (SSSR count). The summed E-state index contributed by atoms with van der Waals surface area (Å²) in [7, 11) is 0. The Balaban J connectivity index is 1.87. The molecule has 3 N–H and O–H groups in total. The molecular weight excluding hydrogens is 410 g/mol. The van der Waals surface area contributed by atoms with Crippen LogP contribution in [-0.4, -0.2) is 55.7 Å². The first kappa shape index (κ1) is 21.9. The van der Waals surface area contributed by atoms with E-state index in [2.05, 4.69) is 25.4 Å². The van der Waals surface area contributed by atoms with Crippen molar-refractivity contribution in [3.63, 3.8) is 0 Å². The lowest BCUT2D eigenvalue weighted by molar-refractivity contribution is 0.0534. The molecule has 0 aliphatic rings. The molecule has 0 aliphatic heterocycles. The average molecular weight is 434 g/mol. The van der Waals surface area contributed by atoms with Crippen molar-refractivity contribution in [1.29, 1.82) is 0 Å². The number of halogens is 1. The predicted molar refractivity (Wildman–Crippen MR) is 113 cm³/mol. The molecule has 2 heterocycles. The zero-order valence-corrected chi connectivity index (χ0v) is 17.9. The van der Waals surface area contributed by atoms with Crippen LogP contribution in [0.25, 0.3) is 23.0 Å². The lowest BCUT2D eigenvalue weighted by Crippen LogP contribution is -2.21. The molecule has 0 aliphatic carbocycles. The van der Waals surface area contributed by atoms with Crippen molar-refractivity contribution in [3.8, 4) is 28.7 Å². The fourth-order valence-electron chi connectivity index (χ4n) is 2.72. The van der Waals surface area contributed by atoms with E-state index >= 15 is 0 Å². The van der Waals surface area contributed by atoms with Crippen LogP contribution in [-0.2, 0) is 0 Å². The van der Waals surface area contributed by atoms with Crippen molar-refractivity contribution in [1.82, 2.24) is 20.1 Å². The SMILES string of the molecule is Cc1cc(-c2nc(-c3cc(C)c(OC[C@@H](O)CO)c(Cl)c3)no2)nc(NC(C)C)n1. The number of hydrogen-bond donors (Lipinski definition) is 3. The quantitative estimate of drug-likeness (QED) is 0.491. The number of aryl methyl sites for hydroxylation is 2. The molecule has 160 valence electrons. The number of aromatic nitrogens is 4. The highest BCUT2D eigenvalue weighted by Crippen LogP contribution is 2.34. The van der Waals surface area contributed by atoms with Crippen LogP contribution in [0.5, 0.6) is 5.75 Å². The fourth-order valence-corrected chi connectivity index (χ4v) is 3.04. The molecule has 0 amide bonds. The van der Waals surface area contributed by atoms with E-state index in [9.17, 15) is 5.11 Å². The smallest absolute Gasteiger partial charge is 0.277 e. The Hall–Kier alpha value is -2.75. The van der Waals surface area contributed by atoms with Gasteiger partial charge in [0.1, 0.15) is 24.2 Å². The molecule has 0 unspecified atom stereocenters. The average Bonchev–Trinajstić information content (AvgIpc) is 3.16. The molecule has 3 aromatic rings. The number of ether oxygens (including phenoxy) is 1. The normalized spacial score (nSPS) is 12.3. The topological polar surface area (TPSA) is 126 Å². The molecule has 2 aromatic heterocycles. The minimum Gasteiger partial charge on any atom is -0.489 e. The van der Waals surface area contributed by atoms with Gasteiger partial charge < -0.3 is 24.8 Å². The second-order valence-electron chi connectivity index (χ2n) is 7.19. The number of nitrogens with one attached hydrogen (secondary N) is 1. The lowest BCUT2D eigenvalue weighted by atomic mass is 10.1. The van der Waals surface area contributed by atoms with Crippen LogP contribution >= 0.6 is 11.6 Å². The Morgan fingerprint density at radius 3 is 2.60 bits per heavy atom. The van der Waals surface area contributed by atoms with Gasteiger partial charge in [0.05, 0.1) is 11.6 Å². The van der Waals surface area contributed by atoms with Gasteiger partial charge in [-0.1, -0.05) is 16.8 Å². The molecule has 0 saturated heterocycles. The number of aliphatic hydroxyl groups is 2. The Bertz CT molecular complexity index is 1000. The maximum atomic E-state index is 9.47. The number of nitrogens with zero attached hydrogens (tertiary/aromatic N) is 4. The van der Waals surface area contributed by atoms with Gasteiger partial charge >= 0.3 is 0 Å². The van der Waals surface area contributed by atoms with Gasteiger partial charge in [-0.05, 0) is 51.5 Å². The molecule has 1 aromatic carbocycles. The van der Waals surface area contributed by atoms with Crippen molar-refractivity contribution in [2.75, 3.05) is 18.5 Å². The summed E-state index contributed by atoms with van der Waals surface area (Å²) < 4.78 is 10.9. The predicted octanol–water partition coefficient (Wildman–Crippen LogP) is 3.02. The minimum atomic E-state index is -0.980. The summed E-state index contributed by atoms with van der Waals surface area (Å²) in [6.45, 7) is 7.22. The number of benzene rings is 1. The second-order valence-corrected chi connectivity index (χ2v) is 7.60. The zero-order valence-electron chi connectivity index (χ0n) is 17.2. The molecule has 30 heavy (non-hydrogen) atoms. The van der Waals surface area contributed by atoms with E-state index in [-0.39, 0.29) is 18.5 Å². The van der Waals surface area contributed by atoms with E-state index < -0.39 is 12.7 Å². The highest BCUT2D eigenvalue weighted by Gasteiger charge is 2.17. The van der Waals surface area contributed by atoms with Crippen molar-refractivity contribution >= 4 is 17.5 Å². The molecule has 0 radical (unpaired) electrons. The third kappa shape index (κ3) is 5.24. The largest absolute Gasteiger partial charge is 0.489 e. The molecule has 0 saturated carbocycles. The molecular formula is C20H24ClN5O4. The Morgan fingerprint density at radius 1 is 1.17 bits per heavy atom. The summed E-state index contributed by atoms with van der Waals surface area (Å²) in [5.74, 6) is 1.53. The van der Waals surface area contributed by atoms with Crippen LogP contribution in [0.4, 0.5) is 5.95 Å². The van der Waals surface area contributed by atoms with Crippen LogP contribution in [0.15, 0.2) is 22.7 Å². The van der Waals surface area contributed by atoms with Gasteiger partial charge in [-0.3, -0.25) is 0 Å². The summed E-state index contributed by atoms with van der Waals surface area (Å²) in [5.41, 5.74) is 2.67. The molecule has 0 fully saturated rings. The van der Waals surface area contributed by atoms with Crippen molar-refractivity contribution in [2.24, 2.45) is 0 Å². The van der Waals surface area contributed by atoms with Crippen LogP contribution in [0, 0.1) is 13.8 Å². The molecule has 0 bridgehead atoms. The van der Waals surface area contributed by atoms with Crippen LogP contribution < -0.4 is 10.1 Å². The van der Waals surface area contributed by atoms with Gasteiger partial charge in [-0.25, -0.2) is 9.97 Å². The van der Waals surface area contributed by atoms with Gasteiger partial charge in [0.15, 0.2) is 0 Å². The monoisotopic (exact) mass is 433 g/mol. The maximum Gasteiger partial charge on any atom is 0.277 e. The Morgan fingerprint density at radius 2 is 1.93 bits per heavy atom. The molecule has 0 spiro atoms. The van der Waals surface area contributed by atoms with Crippen molar-refractivity contribution in [3.05, 3.63) is 34.5 Å². The molecule has 1 atom stereocenters. The first-order valence-electron chi connectivity index (χ1n) is 9.45. The summed E-state index contributed by atoms with van der Waals surface area (Å²) in [6, 6.07) is 5.41. The zero-order chi connectivity index (χ0) is 21.8.